The fourth-order valence-electron chi connectivity index (χ4n) is 1.79. The van der Waals surface area contributed by atoms with Crippen LogP contribution in [0, 0.1) is 0 Å². The number of hydrazine groups is 1. The van der Waals surface area contributed by atoms with Gasteiger partial charge in [-0.1, -0.05) is 19.1 Å². The van der Waals surface area contributed by atoms with Crippen LogP contribution in [0.25, 0.3) is 0 Å². The number of nitrogens with one attached hydrogen (secondary N) is 2. The van der Waals surface area contributed by atoms with E-state index in [9.17, 15) is 4.79 Å². The largest absolute Gasteiger partial charge is 0.350 e. The van der Waals surface area contributed by atoms with E-state index >= 15 is 0 Å². The molecule has 4 heteroatoms. The van der Waals surface area contributed by atoms with Crippen LogP contribution in [0.5, 0.6) is 0 Å². The fourth-order valence-corrected chi connectivity index (χ4v) is 1.79. The number of nitrogens with zero attached hydrogens (tertiary/aromatic N) is 1. The summed E-state index contributed by atoms with van der Waals surface area (Å²) in [5, 5.41) is 0. The number of amides is 1. The molecule has 1 aromatic heterocycles. The highest BCUT2D eigenvalue weighted by atomic mass is 16.2. The van der Waals surface area contributed by atoms with Gasteiger partial charge in [-0.15, -0.1) is 0 Å². The minimum Gasteiger partial charge on any atom is -0.350 e. The molecule has 2 aromatic rings. The van der Waals surface area contributed by atoms with Gasteiger partial charge in [-0.3, -0.25) is 10.2 Å². The molecule has 2 N–H and O–H groups in total. The molecule has 0 aliphatic rings. The van der Waals surface area contributed by atoms with Crippen LogP contribution in [0.15, 0.2) is 48.8 Å². The minimum atomic E-state index is -0.0963. The molecule has 0 saturated heterocycles. The van der Waals surface area contributed by atoms with Crippen LogP contribution < -0.4 is 10.9 Å². The van der Waals surface area contributed by atoms with E-state index in [1.807, 2.05) is 48.8 Å². The quantitative estimate of drug-likeness (QED) is 0.615. The van der Waals surface area contributed by atoms with E-state index < -0.39 is 0 Å². The lowest BCUT2D eigenvalue weighted by Gasteiger charge is -2.07. The number of carbonyl (C=O) groups excluding carboxylic acids is 1. The first kappa shape index (κ1) is 13.4. The number of aromatic nitrogens is 1. The van der Waals surface area contributed by atoms with Crippen molar-refractivity contribution in [2.45, 2.75) is 19.9 Å². The zero-order valence-electron chi connectivity index (χ0n) is 11.1. The lowest BCUT2D eigenvalue weighted by Crippen LogP contribution is -2.37. The average molecular weight is 257 g/mol. The molecule has 2 rings (SSSR count). The van der Waals surface area contributed by atoms with Gasteiger partial charge in [-0.05, 0) is 36.2 Å². The van der Waals surface area contributed by atoms with E-state index in [4.69, 9.17) is 0 Å². The Kier molecular flexibility index (Phi) is 4.75. The molecule has 1 amide bonds. The molecule has 0 saturated carbocycles. The molecule has 0 unspecified atom stereocenters. The number of hydrogen-bond donors (Lipinski definition) is 2. The summed E-state index contributed by atoms with van der Waals surface area (Å²) in [5.74, 6) is -0.0963. The number of carbonyl (C=O) groups is 1. The molecule has 0 aliphatic carbocycles. The van der Waals surface area contributed by atoms with Crippen LogP contribution in [0.2, 0.25) is 0 Å². The van der Waals surface area contributed by atoms with Gasteiger partial charge >= 0.3 is 0 Å². The maximum Gasteiger partial charge on any atom is 0.265 e. The van der Waals surface area contributed by atoms with E-state index in [-0.39, 0.29) is 5.91 Å². The fraction of sp³-hybridized carbons (Fsp3) is 0.267. The van der Waals surface area contributed by atoms with Crippen molar-refractivity contribution in [2.24, 2.45) is 0 Å². The van der Waals surface area contributed by atoms with Gasteiger partial charge in [-0.2, -0.15) is 0 Å². The van der Waals surface area contributed by atoms with E-state index in [1.165, 1.54) is 5.56 Å². The van der Waals surface area contributed by atoms with Crippen LogP contribution in [-0.2, 0) is 6.54 Å². The summed E-state index contributed by atoms with van der Waals surface area (Å²) in [6.45, 7) is 3.65. The van der Waals surface area contributed by atoms with Crippen molar-refractivity contribution in [1.29, 1.82) is 0 Å². The summed E-state index contributed by atoms with van der Waals surface area (Å²) in [5.41, 5.74) is 7.39. The zero-order chi connectivity index (χ0) is 13.5. The second kappa shape index (κ2) is 6.75. The molecule has 4 nitrogen and oxygen atoms in total. The summed E-state index contributed by atoms with van der Waals surface area (Å²) in [6, 6.07) is 11.7. The number of benzene rings is 1. The summed E-state index contributed by atoms with van der Waals surface area (Å²) >= 11 is 0. The first-order valence-electron chi connectivity index (χ1n) is 6.52. The Morgan fingerprint density at radius 2 is 1.84 bits per heavy atom. The van der Waals surface area contributed by atoms with Crippen molar-refractivity contribution in [2.75, 3.05) is 6.54 Å². The first-order chi connectivity index (χ1) is 9.29. The molecule has 0 atom stereocenters. The molecule has 100 valence electrons. The summed E-state index contributed by atoms with van der Waals surface area (Å²) in [6.07, 6.45) is 5.03. The van der Waals surface area contributed by atoms with Crippen molar-refractivity contribution in [3.63, 3.8) is 0 Å². The van der Waals surface area contributed by atoms with Crippen molar-refractivity contribution in [1.82, 2.24) is 15.4 Å². The third-order valence-electron chi connectivity index (χ3n) is 2.82. The first-order valence-corrected chi connectivity index (χ1v) is 6.52. The summed E-state index contributed by atoms with van der Waals surface area (Å²) in [7, 11) is 0. The van der Waals surface area contributed by atoms with Gasteiger partial charge in [0, 0.05) is 31.0 Å². The highest BCUT2D eigenvalue weighted by Crippen LogP contribution is 2.06. The molecule has 1 aromatic carbocycles. The average Bonchev–Trinajstić information content (AvgIpc) is 2.93. The van der Waals surface area contributed by atoms with E-state index in [0.717, 1.165) is 19.5 Å². The predicted molar refractivity (Wildman–Crippen MR) is 75.7 cm³/mol. The Morgan fingerprint density at radius 1 is 1.16 bits per heavy atom. The molecule has 0 radical (unpaired) electrons. The molecular formula is C15H19N3O. The topological polar surface area (TPSA) is 46.1 Å². The Labute approximate surface area is 113 Å². The summed E-state index contributed by atoms with van der Waals surface area (Å²) < 4.78 is 2.10. The third-order valence-corrected chi connectivity index (χ3v) is 2.82. The third kappa shape index (κ3) is 3.96. The van der Waals surface area contributed by atoms with Gasteiger partial charge in [0.2, 0.25) is 0 Å². The standard InChI is InChI=1S/C15H19N3O/c1-2-9-16-17-15(19)14-7-5-13(6-8-14)12-18-10-3-4-11-18/h3-8,10-11,16H,2,9,12H2,1H3,(H,17,19). The van der Waals surface area contributed by atoms with Crippen molar-refractivity contribution in [3.05, 3.63) is 59.9 Å². The Balaban J connectivity index is 1.92. The smallest absolute Gasteiger partial charge is 0.265 e. The molecule has 1 heterocycles. The Bertz CT molecular complexity index is 503. The molecular weight excluding hydrogens is 238 g/mol. The molecule has 19 heavy (non-hydrogen) atoms. The maximum atomic E-state index is 11.8. The van der Waals surface area contributed by atoms with Crippen LogP contribution in [-0.4, -0.2) is 17.0 Å². The van der Waals surface area contributed by atoms with Gasteiger partial charge in [0.05, 0.1) is 0 Å². The minimum absolute atomic E-state index is 0.0963. The maximum absolute atomic E-state index is 11.8. The van der Waals surface area contributed by atoms with E-state index in [2.05, 4.69) is 22.3 Å². The van der Waals surface area contributed by atoms with Gasteiger partial charge in [0.15, 0.2) is 0 Å². The highest BCUT2D eigenvalue weighted by molar-refractivity contribution is 5.93. The van der Waals surface area contributed by atoms with Gasteiger partial charge in [0.1, 0.15) is 0 Å². The second-order valence-electron chi connectivity index (χ2n) is 4.43. The van der Waals surface area contributed by atoms with Crippen LogP contribution in [0.4, 0.5) is 0 Å². The monoisotopic (exact) mass is 257 g/mol. The van der Waals surface area contributed by atoms with Crippen LogP contribution in [0.3, 0.4) is 0 Å². The van der Waals surface area contributed by atoms with Gasteiger partial charge in [-0.25, -0.2) is 5.43 Å². The van der Waals surface area contributed by atoms with Crippen LogP contribution in [0.1, 0.15) is 29.3 Å². The predicted octanol–water partition coefficient (Wildman–Crippen LogP) is 2.18. The van der Waals surface area contributed by atoms with Gasteiger partial charge in [0.25, 0.3) is 5.91 Å². The number of rotatable bonds is 6. The van der Waals surface area contributed by atoms with Crippen molar-refractivity contribution >= 4 is 5.91 Å². The van der Waals surface area contributed by atoms with Crippen molar-refractivity contribution < 1.29 is 4.79 Å². The lowest BCUT2D eigenvalue weighted by atomic mass is 10.1. The van der Waals surface area contributed by atoms with Crippen molar-refractivity contribution in [3.8, 4) is 0 Å². The Morgan fingerprint density at radius 3 is 2.47 bits per heavy atom. The Hall–Kier alpha value is -2.07. The normalized spacial score (nSPS) is 10.4. The second-order valence-corrected chi connectivity index (χ2v) is 4.43. The summed E-state index contributed by atoms with van der Waals surface area (Å²) in [4.78, 5) is 11.8. The van der Waals surface area contributed by atoms with E-state index in [0.29, 0.717) is 5.56 Å². The molecule has 0 spiro atoms. The SMILES string of the molecule is CCCNNC(=O)c1ccc(Cn2cccc2)cc1. The molecule has 0 bridgehead atoms. The van der Waals surface area contributed by atoms with Gasteiger partial charge < -0.3 is 4.57 Å². The molecule has 0 fully saturated rings. The highest BCUT2D eigenvalue weighted by Gasteiger charge is 2.04. The van der Waals surface area contributed by atoms with Crippen LogP contribution >= 0.6 is 0 Å². The molecule has 0 aliphatic heterocycles. The number of hydrogen-bond acceptors (Lipinski definition) is 2. The lowest BCUT2D eigenvalue weighted by molar-refractivity contribution is 0.0933. The van der Waals surface area contributed by atoms with E-state index in [1.54, 1.807) is 0 Å². The zero-order valence-corrected chi connectivity index (χ0v) is 11.1.